The Hall–Kier alpha value is -3.42. The van der Waals surface area contributed by atoms with Crippen LogP contribution in [0.5, 0.6) is 0 Å². The van der Waals surface area contributed by atoms with Crippen LogP contribution in [0.1, 0.15) is 19.3 Å². The zero-order valence-corrected chi connectivity index (χ0v) is 14.9. The molecule has 1 aliphatic rings. The van der Waals surface area contributed by atoms with Crippen molar-refractivity contribution in [2.24, 2.45) is 16.5 Å². The summed E-state index contributed by atoms with van der Waals surface area (Å²) in [6.07, 6.45) is -0.181. The van der Waals surface area contributed by atoms with Gasteiger partial charge in [-0.2, -0.15) is 0 Å². The number of hydroxylamine groups is 1. The van der Waals surface area contributed by atoms with Crippen molar-refractivity contribution in [3.05, 3.63) is 0 Å². The van der Waals surface area contributed by atoms with E-state index < -0.39 is 61.3 Å². The number of carboxylic acids is 1. The van der Waals surface area contributed by atoms with Crippen LogP contribution in [0.2, 0.25) is 0 Å². The minimum atomic E-state index is -1.44. The van der Waals surface area contributed by atoms with Crippen molar-refractivity contribution in [3.8, 4) is 0 Å². The van der Waals surface area contributed by atoms with Crippen molar-refractivity contribution in [2.75, 3.05) is 19.7 Å². The van der Waals surface area contributed by atoms with E-state index in [2.05, 4.69) is 20.9 Å². The van der Waals surface area contributed by atoms with Crippen LogP contribution < -0.4 is 32.9 Å². The van der Waals surface area contributed by atoms with Gasteiger partial charge in [-0.1, -0.05) is 0 Å². The number of hydrogen-bond acceptors (Lipinski definition) is 7. The molecule has 0 unspecified atom stereocenters. The van der Waals surface area contributed by atoms with Crippen LogP contribution >= 0.6 is 0 Å². The lowest BCUT2D eigenvalue weighted by Gasteiger charge is -2.18. The lowest BCUT2D eigenvalue weighted by molar-refractivity contribution is -0.146. The summed E-state index contributed by atoms with van der Waals surface area (Å²) in [5.41, 5.74) is 12.3. The molecule has 14 heteroatoms. The fourth-order valence-electron chi connectivity index (χ4n) is 2.17. The van der Waals surface area contributed by atoms with Crippen LogP contribution in [0.4, 0.5) is 0 Å². The Morgan fingerprint density at radius 1 is 1.11 bits per heavy atom. The Bertz CT molecular complexity index is 648. The van der Waals surface area contributed by atoms with Gasteiger partial charge in [0.05, 0.1) is 13.0 Å². The Balaban J connectivity index is 2.80. The van der Waals surface area contributed by atoms with E-state index in [4.69, 9.17) is 21.4 Å². The molecule has 9 N–H and O–H groups in total. The second kappa shape index (κ2) is 11.3. The quantitative estimate of drug-likeness (QED) is 0.129. The molecule has 0 aliphatic carbocycles. The number of nitrogens with two attached hydrogens (primary N) is 2. The van der Waals surface area contributed by atoms with E-state index in [1.54, 1.807) is 0 Å². The summed E-state index contributed by atoms with van der Waals surface area (Å²) in [5.74, 6) is -4.56. The summed E-state index contributed by atoms with van der Waals surface area (Å²) >= 11 is 0. The number of nitrogens with zero attached hydrogens (tertiary/aromatic N) is 1. The minimum Gasteiger partial charge on any atom is -0.481 e. The standard InChI is InChI=1S/C14H23N7O7/c15-14(16)17-3-1-2-7-12(26)18-5-9(22)20-8(4-11(24)25)13(27)21-28-6-10(23)19-7/h7-8H,1-6H2,(H,18,26)(H,19,23)(H,20,22)(H,21,27)(H,24,25)(H4,15,16,17)/t7-,8-/m0/s1. The maximum atomic E-state index is 12.3. The molecule has 0 aromatic heterocycles. The van der Waals surface area contributed by atoms with Crippen molar-refractivity contribution < 1.29 is 33.9 Å². The molecule has 1 rings (SSSR count). The van der Waals surface area contributed by atoms with Gasteiger partial charge in [-0.3, -0.25) is 33.8 Å². The fraction of sp³-hybridized carbons (Fsp3) is 0.571. The third kappa shape index (κ3) is 8.79. The van der Waals surface area contributed by atoms with E-state index in [1.165, 1.54) is 0 Å². The topological polar surface area (TPSA) is 227 Å². The van der Waals surface area contributed by atoms with Crippen LogP contribution in [0.15, 0.2) is 4.99 Å². The van der Waals surface area contributed by atoms with Crippen molar-refractivity contribution in [3.63, 3.8) is 0 Å². The average Bonchev–Trinajstić information content (AvgIpc) is 2.60. The number of amides is 4. The Labute approximate surface area is 159 Å². The van der Waals surface area contributed by atoms with Gasteiger partial charge < -0.3 is 32.5 Å². The highest BCUT2D eigenvalue weighted by molar-refractivity contribution is 5.94. The average molecular weight is 401 g/mol. The summed E-state index contributed by atoms with van der Waals surface area (Å²) in [6, 6.07) is -2.44. The molecule has 1 heterocycles. The first-order valence-corrected chi connectivity index (χ1v) is 8.24. The van der Waals surface area contributed by atoms with Crippen LogP contribution in [0.25, 0.3) is 0 Å². The molecule has 4 amide bonds. The fourth-order valence-corrected chi connectivity index (χ4v) is 2.17. The maximum Gasteiger partial charge on any atom is 0.305 e. The summed E-state index contributed by atoms with van der Waals surface area (Å²) in [6.45, 7) is -0.924. The molecule has 1 saturated heterocycles. The van der Waals surface area contributed by atoms with E-state index in [0.29, 0.717) is 6.42 Å². The number of carbonyl (C=O) groups excluding carboxylic acids is 4. The molecule has 0 saturated carbocycles. The molecule has 156 valence electrons. The SMILES string of the molecule is NC(N)=NCCC[C@@H]1NC(=O)CONC(=O)[C@H](CC(=O)O)NC(=O)CNC1=O. The van der Waals surface area contributed by atoms with E-state index in [9.17, 15) is 24.0 Å². The van der Waals surface area contributed by atoms with Crippen LogP contribution in [0.3, 0.4) is 0 Å². The van der Waals surface area contributed by atoms with Gasteiger partial charge in [0.2, 0.25) is 17.7 Å². The van der Waals surface area contributed by atoms with E-state index in [-0.39, 0.29) is 18.9 Å². The van der Waals surface area contributed by atoms with Crippen LogP contribution in [-0.4, -0.2) is 72.4 Å². The number of carboxylic acid groups (broad SMARTS) is 1. The molecular weight excluding hydrogens is 378 g/mol. The molecule has 1 fully saturated rings. The van der Waals surface area contributed by atoms with Crippen molar-refractivity contribution >= 4 is 35.6 Å². The molecule has 2 atom stereocenters. The van der Waals surface area contributed by atoms with Gasteiger partial charge in [0.25, 0.3) is 5.91 Å². The highest BCUT2D eigenvalue weighted by Crippen LogP contribution is 2.00. The third-order valence-electron chi connectivity index (χ3n) is 3.43. The van der Waals surface area contributed by atoms with Crippen LogP contribution in [-0.2, 0) is 28.8 Å². The zero-order chi connectivity index (χ0) is 21.1. The number of guanidine groups is 1. The number of nitrogens with one attached hydrogen (secondary N) is 4. The molecule has 0 aromatic rings. The molecule has 14 nitrogen and oxygen atoms in total. The summed E-state index contributed by atoms with van der Waals surface area (Å²) in [5, 5.41) is 15.7. The van der Waals surface area contributed by atoms with Crippen molar-refractivity contribution in [1.82, 2.24) is 21.4 Å². The minimum absolute atomic E-state index is 0.111. The van der Waals surface area contributed by atoms with E-state index >= 15 is 0 Å². The van der Waals surface area contributed by atoms with E-state index in [0.717, 1.165) is 0 Å². The molecule has 0 spiro atoms. The zero-order valence-electron chi connectivity index (χ0n) is 14.9. The smallest absolute Gasteiger partial charge is 0.305 e. The lowest BCUT2D eigenvalue weighted by Crippen LogP contribution is -2.51. The number of aliphatic imine (C=N–C) groups is 1. The summed E-state index contributed by atoms with van der Waals surface area (Å²) < 4.78 is 0. The maximum absolute atomic E-state index is 12.3. The second-order valence-electron chi connectivity index (χ2n) is 5.76. The lowest BCUT2D eigenvalue weighted by atomic mass is 10.1. The molecule has 0 radical (unpaired) electrons. The van der Waals surface area contributed by atoms with Gasteiger partial charge in [-0.15, -0.1) is 0 Å². The number of aliphatic carboxylic acids is 1. The predicted molar refractivity (Wildman–Crippen MR) is 93.1 cm³/mol. The van der Waals surface area contributed by atoms with Gasteiger partial charge >= 0.3 is 5.97 Å². The van der Waals surface area contributed by atoms with E-state index in [1.807, 2.05) is 5.48 Å². The first kappa shape index (κ1) is 22.6. The van der Waals surface area contributed by atoms with Crippen LogP contribution in [0, 0.1) is 0 Å². The highest BCUT2D eigenvalue weighted by Gasteiger charge is 2.26. The second-order valence-corrected chi connectivity index (χ2v) is 5.76. The highest BCUT2D eigenvalue weighted by atomic mass is 16.7. The predicted octanol–water partition coefficient (Wildman–Crippen LogP) is -4.34. The summed E-state index contributed by atoms with van der Waals surface area (Å²) in [4.78, 5) is 67.3. The van der Waals surface area contributed by atoms with Crippen molar-refractivity contribution in [1.29, 1.82) is 0 Å². The monoisotopic (exact) mass is 401 g/mol. The van der Waals surface area contributed by atoms with Gasteiger partial charge in [0, 0.05) is 6.54 Å². The molecule has 1 aliphatic heterocycles. The molecule has 0 aromatic carbocycles. The van der Waals surface area contributed by atoms with Gasteiger partial charge in [0.15, 0.2) is 12.6 Å². The Kier molecular flexibility index (Phi) is 9.15. The van der Waals surface area contributed by atoms with Crippen molar-refractivity contribution in [2.45, 2.75) is 31.3 Å². The third-order valence-corrected chi connectivity index (χ3v) is 3.43. The largest absolute Gasteiger partial charge is 0.481 e. The first-order valence-electron chi connectivity index (χ1n) is 8.24. The number of carbonyl (C=O) groups is 5. The molecular formula is C14H23N7O7. The Morgan fingerprint density at radius 3 is 2.43 bits per heavy atom. The summed E-state index contributed by atoms with van der Waals surface area (Å²) in [7, 11) is 0. The number of hydrogen-bond donors (Lipinski definition) is 7. The van der Waals surface area contributed by atoms with Gasteiger partial charge in [-0.05, 0) is 12.8 Å². The van der Waals surface area contributed by atoms with Gasteiger partial charge in [-0.25, -0.2) is 5.48 Å². The molecule has 28 heavy (non-hydrogen) atoms. The van der Waals surface area contributed by atoms with Gasteiger partial charge in [0.1, 0.15) is 12.1 Å². The first-order chi connectivity index (χ1) is 13.2. The number of rotatable bonds is 6. The normalized spacial score (nSPS) is 21.6. The Morgan fingerprint density at radius 2 is 1.79 bits per heavy atom. The molecule has 0 bridgehead atoms.